The van der Waals surface area contributed by atoms with Gasteiger partial charge < -0.3 is 16.0 Å². The van der Waals surface area contributed by atoms with Gasteiger partial charge in [-0.3, -0.25) is 14.6 Å². The maximum absolute atomic E-state index is 11.9. The van der Waals surface area contributed by atoms with Gasteiger partial charge in [-0.25, -0.2) is 0 Å². The number of nitrogens with one attached hydrogen (secondary N) is 3. The molecule has 17 heavy (non-hydrogen) atoms. The Balaban J connectivity index is 2.79. The summed E-state index contributed by atoms with van der Waals surface area (Å²) in [6.45, 7) is 1.62. The van der Waals surface area contributed by atoms with Crippen LogP contribution in [0, 0.1) is 0 Å². The molecule has 0 saturated heterocycles. The van der Waals surface area contributed by atoms with Crippen LogP contribution in [0.25, 0.3) is 0 Å². The summed E-state index contributed by atoms with van der Waals surface area (Å²) in [6, 6.07) is 1.11. The van der Waals surface area contributed by atoms with Crippen LogP contribution >= 0.6 is 0 Å². The molecule has 0 aromatic carbocycles. The third-order valence-corrected chi connectivity index (χ3v) is 2.32. The zero-order valence-electron chi connectivity index (χ0n) is 10.1. The summed E-state index contributed by atoms with van der Waals surface area (Å²) < 4.78 is 0. The smallest absolute Gasteiger partial charge is 0.255 e. The summed E-state index contributed by atoms with van der Waals surface area (Å²) in [5, 5.41) is 7.95. The average molecular weight is 236 g/mol. The number of carbonyl (C=O) groups excluding carboxylic acids is 2. The van der Waals surface area contributed by atoms with Gasteiger partial charge in [0.15, 0.2) is 0 Å². The fourth-order valence-corrected chi connectivity index (χ4v) is 1.35. The van der Waals surface area contributed by atoms with Crippen molar-refractivity contribution in [1.29, 1.82) is 0 Å². The number of hydrogen-bond donors (Lipinski definition) is 3. The van der Waals surface area contributed by atoms with Gasteiger partial charge in [-0.15, -0.1) is 0 Å². The van der Waals surface area contributed by atoms with E-state index in [9.17, 15) is 9.59 Å². The molecule has 92 valence electrons. The van der Waals surface area contributed by atoms with Crippen molar-refractivity contribution in [2.75, 3.05) is 19.4 Å². The third-order valence-electron chi connectivity index (χ3n) is 2.32. The minimum atomic E-state index is -0.586. The number of hydrogen-bond acceptors (Lipinski definition) is 4. The molecule has 1 heterocycles. The van der Waals surface area contributed by atoms with Crippen molar-refractivity contribution in [3.63, 3.8) is 0 Å². The van der Waals surface area contributed by atoms with Crippen LogP contribution in [0.2, 0.25) is 0 Å². The minimum Gasteiger partial charge on any atom is -0.387 e. The highest BCUT2D eigenvalue weighted by Crippen LogP contribution is 2.12. The van der Waals surface area contributed by atoms with E-state index in [4.69, 9.17) is 0 Å². The monoisotopic (exact) mass is 236 g/mol. The Hall–Kier alpha value is -2.11. The molecule has 3 N–H and O–H groups in total. The minimum absolute atomic E-state index is 0.242. The van der Waals surface area contributed by atoms with Crippen molar-refractivity contribution in [3.05, 3.63) is 24.0 Å². The van der Waals surface area contributed by atoms with Crippen molar-refractivity contribution < 1.29 is 9.59 Å². The SMILES string of the molecule is CNC(=O)C(C)NC(=O)c1cnccc1NC. The van der Waals surface area contributed by atoms with Crippen LogP contribution in [0.4, 0.5) is 5.69 Å². The lowest BCUT2D eigenvalue weighted by molar-refractivity contribution is -0.122. The largest absolute Gasteiger partial charge is 0.387 e. The zero-order valence-corrected chi connectivity index (χ0v) is 10.1. The second kappa shape index (κ2) is 5.83. The molecule has 2 amide bonds. The number of aromatic nitrogens is 1. The van der Waals surface area contributed by atoms with E-state index in [1.54, 1.807) is 26.2 Å². The molecule has 0 bridgehead atoms. The van der Waals surface area contributed by atoms with Gasteiger partial charge in [0.1, 0.15) is 6.04 Å². The maximum atomic E-state index is 11.9. The van der Waals surface area contributed by atoms with Gasteiger partial charge in [0, 0.05) is 32.2 Å². The van der Waals surface area contributed by atoms with Gasteiger partial charge >= 0.3 is 0 Å². The van der Waals surface area contributed by atoms with E-state index in [1.807, 2.05) is 0 Å². The number of amides is 2. The molecular weight excluding hydrogens is 220 g/mol. The number of carbonyl (C=O) groups is 2. The van der Waals surface area contributed by atoms with E-state index in [0.717, 1.165) is 0 Å². The molecule has 0 spiro atoms. The Kier molecular flexibility index (Phi) is 4.45. The molecule has 6 nitrogen and oxygen atoms in total. The van der Waals surface area contributed by atoms with Crippen LogP contribution < -0.4 is 16.0 Å². The molecule has 1 unspecified atom stereocenters. The summed E-state index contributed by atoms with van der Waals surface area (Å²) in [6.07, 6.45) is 3.04. The molecule has 0 fully saturated rings. The van der Waals surface area contributed by atoms with Crippen LogP contribution in [-0.2, 0) is 4.79 Å². The first kappa shape index (κ1) is 13.0. The lowest BCUT2D eigenvalue weighted by Gasteiger charge is -2.13. The van der Waals surface area contributed by atoms with Gasteiger partial charge in [-0.2, -0.15) is 0 Å². The fourth-order valence-electron chi connectivity index (χ4n) is 1.35. The number of anilines is 1. The van der Waals surface area contributed by atoms with Crippen LogP contribution in [-0.4, -0.2) is 36.9 Å². The quantitative estimate of drug-likeness (QED) is 0.686. The maximum Gasteiger partial charge on any atom is 0.255 e. The number of pyridine rings is 1. The topological polar surface area (TPSA) is 83.1 Å². The van der Waals surface area contributed by atoms with Crippen LogP contribution in [0.5, 0.6) is 0 Å². The zero-order chi connectivity index (χ0) is 12.8. The first-order valence-electron chi connectivity index (χ1n) is 5.24. The lowest BCUT2D eigenvalue weighted by Crippen LogP contribution is -2.43. The van der Waals surface area contributed by atoms with Crippen molar-refractivity contribution >= 4 is 17.5 Å². The Labute approximate surface area is 99.8 Å². The van der Waals surface area contributed by atoms with Crippen molar-refractivity contribution in [3.8, 4) is 0 Å². The molecule has 0 radical (unpaired) electrons. The van der Waals surface area contributed by atoms with E-state index >= 15 is 0 Å². The summed E-state index contributed by atoms with van der Waals surface area (Å²) in [5.41, 5.74) is 1.08. The van der Waals surface area contributed by atoms with Crippen molar-refractivity contribution in [2.45, 2.75) is 13.0 Å². The molecule has 0 aliphatic rings. The molecule has 0 aliphatic heterocycles. The number of likely N-dealkylation sites (N-methyl/N-ethyl adjacent to an activating group) is 1. The second-order valence-corrected chi connectivity index (χ2v) is 3.48. The Morgan fingerprint density at radius 3 is 2.65 bits per heavy atom. The molecular formula is C11H16N4O2. The molecule has 1 aromatic rings. The summed E-state index contributed by atoms with van der Waals surface area (Å²) in [4.78, 5) is 27.0. The predicted octanol–water partition coefficient (Wildman–Crippen LogP) is -0.0124. The highest BCUT2D eigenvalue weighted by Gasteiger charge is 2.17. The van der Waals surface area contributed by atoms with E-state index in [0.29, 0.717) is 11.3 Å². The number of nitrogens with zero attached hydrogens (tertiary/aromatic N) is 1. The average Bonchev–Trinajstić information content (AvgIpc) is 2.37. The Morgan fingerprint density at radius 2 is 2.06 bits per heavy atom. The van der Waals surface area contributed by atoms with Gasteiger partial charge in [0.2, 0.25) is 5.91 Å². The van der Waals surface area contributed by atoms with Crippen molar-refractivity contribution in [1.82, 2.24) is 15.6 Å². The molecule has 1 rings (SSSR count). The molecule has 6 heteroatoms. The molecule has 0 saturated carbocycles. The van der Waals surface area contributed by atoms with Crippen LogP contribution in [0.15, 0.2) is 18.5 Å². The highest BCUT2D eigenvalue weighted by molar-refractivity contribution is 6.01. The Bertz CT molecular complexity index is 420. The van der Waals surface area contributed by atoms with E-state index in [2.05, 4.69) is 20.9 Å². The second-order valence-electron chi connectivity index (χ2n) is 3.48. The summed E-state index contributed by atoms with van der Waals surface area (Å²) in [5.74, 6) is -0.577. The molecule has 0 aliphatic carbocycles. The van der Waals surface area contributed by atoms with E-state index in [-0.39, 0.29) is 11.8 Å². The summed E-state index contributed by atoms with van der Waals surface area (Å²) in [7, 11) is 3.24. The first-order valence-corrected chi connectivity index (χ1v) is 5.24. The van der Waals surface area contributed by atoms with Crippen LogP contribution in [0.1, 0.15) is 17.3 Å². The van der Waals surface area contributed by atoms with Gasteiger partial charge in [0.25, 0.3) is 5.91 Å². The van der Waals surface area contributed by atoms with Gasteiger partial charge in [-0.1, -0.05) is 0 Å². The van der Waals surface area contributed by atoms with E-state index < -0.39 is 6.04 Å². The van der Waals surface area contributed by atoms with E-state index in [1.165, 1.54) is 13.2 Å². The normalized spacial score (nSPS) is 11.5. The predicted molar refractivity (Wildman–Crippen MR) is 64.8 cm³/mol. The summed E-state index contributed by atoms with van der Waals surface area (Å²) >= 11 is 0. The molecule has 1 aromatic heterocycles. The standard InChI is InChI=1S/C11H16N4O2/c1-7(10(16)13-3)15-11(17)8-6-14-5-4-9(8)12-2/h4-7H,1-3H3,(H,12,14)(H,13,16)(H,15,17). The molecule has 1 atom stereocenters. The van der Waals surface area contributed by atoms with Gasteiger partial charge in [-0.05, 0) is 13.0 Å². The van der Waals surface area contributed by atoms with Crippen molar-refractivity contribution in [2.24, 2.45) is 0 Å². The third kappa shape index (κ3) is 3.17. The lowest BCUT2D eigenvalue weighted by atomic mass is 10.2. The van der Waals surface area contributed by atoms with Crippen LogP contribution in [0.3, 0.4) is 0 Å². The number of rotatable bonds is 4. The highest BCUT2D eigenvalue weighted by atomic mass is 16.2. The Morgan fingerprint density at radius 1 is 1.35 bits per heavy atom. The van der Waals surface area contributed by atoms with Gasteiger partial charge in [0.05, 0.1) is 5.56 Å². The first-order chi connectivity index (χ1) is 8.10. The fraction of sp³-hybridized carbons (Fsp3) is 0.364.